The lowest BCUT2D eigenvalue weighted by Crippen LogP contribution is -2.20. The normalized spacial score (nSPS) is 10.2. The van der Waals surface area contributed by atoms with E-state index in [1.54, 1.807) is 0 Å². The zero-order valence-corrected chi connectivity index (χ0v) is 9.58. The van der Waals surface area contributed by atoms with E-state index in [1.165, 1.54) is 17.1 Å². The fourth-order valence-corrected chi connectivity index (χ4v) is 1.41. The van der Waals surface area contributed by atoms with E-state index >= 15 is 0 Å². The van der Waals surface area contributed by atoms with E-state index in [0.29, 0.717) is 0 Å². The van der Waals surface area contributed by atoms with Gasteiger partial charge in [0, 0.05) is 6.20 Å². The lowest BCUT2D eigenvalue weighted by atomic mass is 10.2. The van der Waals surface area contributed by atoms with Crippen LogP contribution >= 0.6 is 0 Å². The van der Waals surface area contributed by atoms with E-state index < -0.39 is 17.7 Å². The van der Waals surface area contributed by atoms with Crippen LogP contribution in [0.15, 0.2) is 30.6 Å². The molecule has 0 unspecified atom stereocenters. The Kier molecular flexibility index (Phi) is 3.51. The number of rotatable bonds is 4. The maximum atomic E-state index is 13.4. The second kappa shape index (κ2) is 5.25. The first-order valence-corrected chi connectivity index (χ1v) is 5.23. The van der Waals surface area contributed by atoms with E-state index in [2.05, 4.69) is 15.6 Å². The van der Waals surface area contributed by atoms with Gasteiger partial charge in [0.2, 0.25) is 5.91 Å². The number of anilines is 1. The summed E-state index contributed by atoms with van der Waals surface area (Å²) in [6.07, 6.45) is 2.88. The standard InChI is InChI=1S/C11H9FN4O3/c12-8-2-1-7(11(18)19)5-9(8)14-10(17)6-16-4-3-13-15-16/h1-5H,6H2,(H,14,17)(H,18,19). The highest BCUT2D eigenvalue weighted by atomic mass is 19.1. The Bertz CT molecular complexity index is 612. The number of carboxylic acid groups (broad SMARTS) is 1. The maximum absolute atomic E-state index is 13.4. The highest BCUT2D eigenvalue weighted by Crippen LogP contribution is 2.16. The molecule has 0 saturated carbocycles. The Morgan fingerprint density at radius 1 is 1.42 bits per heavy atom. The summed E-state index contributed by atoms with van der Waals surface area (Å²) in [5.74, 6) is -2.45. The van der Waals surface area contributed by atoms with Crippen molar-refractivity contribution in [2.45, 2.75) is 6.54 Å². The van der Waals surface area contributed by atoms with Gasteiger partial charge in [-0.3, -0.25) is 4.79 Å². The molecule has 0 bridgehead atoms. The predicted octanol–water partition coefficient (Wildman–Crippen LogP) is 0.754. The third-order valence-electron chi connectivity index (χ3n) is 2.26. The van der Waals surface area contributed by atoms with Crippen molar-refractivity contribution in [2.24, 2.45) is 0 Å². The number of hydrogen-bond donors (Lipinski definition) is 2. The van der Waals surface area contributed by atoms with Crippen LogP contribution in [0.1, 0.15) is 10.4 Å². The van der Waals surface area contributed by atoms with Crippen molar-refractivity contribution in [1.82, 2.24) is 15.0 Å². The van der Waals surface area contributed by atoms with Crippen LogP contribution in [0.3, 0.4) is 0 Å². The van der Waals surface area contributed by atoms with Gasteiger partial charge >= 0.3 is 5.97 Å². The Morgan fingerprint density at radius 3 is 2.84 bits per heavy atom. The maximum Gasteiger partial charge on any atom is 0.335 e. The topological polar surface area (TPSA) is 97.1 Å². The smallest absolute Gasteiger partial charge is 0.335 e. The summed E-state index contributed by atoms with van der Waals surface area (Å²) < 4.78 is 14.7. The Balaban J connectivity index is 2.11. The molecule has 1 amide bonds. The number of aromatic carboxylic acids is 1. The first kappa shape index (κ1) is 12.7. The van der Waals surface area contributed by atoms with Crippen LogP contribution in [0, 0.1) is 5.82 Å². The molecule has 19 heavy (non-hydrogen) atoms. The number of carbonyl (C=O) groups excluding carboxylic acids is 1. The van der Waals surface area contributed by atoms with Gasteiger partial charge < -0.3 is 10.4 Å². The first-order valence-electron chi connectivity index (χ1n) is 5.23. The van der Waals surface area contributed by atoms with Gasteiger partial charge in [0.25, 0.3) is 0 Å². The number of benzene rings is 1. The molecule has 1 heterocycles. The quantitative estimate of drug-likeness (QED) is 0.849. The van der Waals surface area contributed by atoms with Gasteiger partial charge in [0.1, 0.15) is 12.4 Å². The van der Waals surface area contributed by atoms with Gasteiger partial charge in [-0.1, -0.05) is 5.21 Å². The molecular formula is C11H9FN4O3. The summed E-state index contributed by atoms with van der Waals surface area (Å²) in [7, 11) is 0. The van der Waals surface area contributed by atoms with Crippen LogP contribution < -0.4 is 5.32 Å². The number of halogens is 1. The molecule has 7 nitrogen and oxygen atoms in total. The Labute approximate surface area is 106 Å². The minimum atomic E-state index is -1.20. The SMILES string of the molecule is O=C(Cn1ccnn1)Nc1cc(C(=O)O)ccc1F. The van der Waals surface area contributed by atoms with Gasteiger partial charge in [-0.15, -0.1) is 5.10 Å². The van der Waals surface area contributed by atoms with Crippen molar-refractivity contribution in [3.05, 3.63) is 42.0 Å². The van der Waals surface area contributed by atoms with Crippen molar-refractivity contribution in [3.8, 4) is 0 Å². The minimum Gasteiger partial charge on any atom is -0.478 e. The molecule has 0 aliphatic carbocycles. The van der Waals surface area contributed by atoms with Crippen LogP contribution in [0.2, 0.25) is 0 Å². The third kappa shape index (κ3) is 3.12. The lowest BCUT2D eigenvalue weighted by Gasteiger charge is -2.07. The summed E-state index contributed by atoms with van der Waals surface area (Å²) in [4.78, 5) is 22.3. The zero-order valence-electron chi connectivity index (χ0n) is 9.58. The van der Waals surface area contributed by atoms with E-state index in [9.17, 15) is 14.0 Å². The number of carboxylic acids is 1. The van der Waals surface area contributed by atoms with E-state index in [-0.39, 0.29) is 17.8 Å². The Morgan fingerprint density at radius 2 is 2.21 bits per heavy atom. The first-order chi connectivity index (χ1) is 9.06. The van der Waals surface area contributed by atoms with Gasteiger partial charge in [0.15, 0.2) is 0 Å². The van der Waals surface area contributed by atoms with Crippen LogP contribution in [0.25, 0.3) is 0 Å². The van der Waals surface area contributed by atoms with Gasteiger partial charge in [-0.05, 0) is 18.2 Å². The van der Waals surface area contributed by atoms with Crippen molar-refractivity contribution >= 4 is 17.6 Å². The van der Waals surface area contributed by atoms with Crippen LogP contribution in [0.4, 0.5) is 10.1 Å². The number of nitrogens with zero attached hydrogens (tertiary/aromatic N) is 3. The molecule has 0 aliphatic rings. The van der Waals surface area contributed by atoms with Crippen molar-refractivity contribution in [1.29, 1.82) is 0 Å². The highest BCUT2D eigenvalue weighted by Gasteiger charge is 2.11. The summed E-state index contributed by atoms with van der Waals surface area (Å²) in [5.41, 5.74) is -0.303. The molecule has 1 aromatic heterocycles. The average molecular weight is 264 g/mol. The average Bonchev–Trinajstić information content (AvgIpc) is 2.84. The molecule has 2 N–H and O–H groups in total. The Hall–Kier alpha value is -2.77. The highest BCUT2D eigenvalue weighted by molar-refractivity contribution is 5.93. The molecular weight excluding hydrogens is 255 g/mol. The van der Waals surface area contributed by atoms with Crippen LogP contribution in [-0.2, 0) is 11.3 Å². The molecule has 98 valence electrons. The zero-order chi connectivity index (χ0) is 13.8. The summed E-state index contributed by atoms with van der Waals surface area (Å²) in [6, 6.07) is 3.15. The second-order valence-corrected chi connectivity index (χ2v) is 3.65. The lowest BCUT2D eigenvalue weighted by molar-refractivity contribution is -0.117. The summed E-state index contributed by atoms with van der Waals surface area (Å²) in [5, 5.41) is 18.2. The van der Waals surface area contributed by atoms with E-state index in [4.69, 9.17) is 5.11 Å². The number of aromatic nitrogens is 3. The van der Waals surface area contributed by atoms with Crippen LogP contribution in [0.5, 0.6) is 0 Å². The number of carbonyl (C=O) groups is 2. The van der Waals surface area contributed by atoms with E-state index in [0.717, 1.165) is 18.2 Å². The molecule has 0 saturated heterocycles. The molecule has 0 aliphatic heterocycles. The number of nitrogens with one attached hydrogen (secondary N) is 1. The third-order valence-corrected chi connectivity index (χ3v) is 2.26. The van der Waals surface area contributed by atoms with Crippen molar-refractivity contribution in [3.63, 3.8) is 0 Å². The largest absolute Gasteiger partial charge is 0.478 e. The van der Waals surface area contributed by atoms with Gasteiger partial charge in [0.05, 0.1) is 17.4 Å². The predicted molar refractivity (Wildman–Crippen MR) is 62.0 cm³/mol. The van der Waals surface area contributed by atoms with Gasteiger partial charge in [-0.2, -0.15) is 0 Å². The van der Waals surface area contributed by atoms with E-state index in [1.807, 2.05) is 0 Å². The summed E-state index contributed by atoms with van der Waals surface area (Å²) in [6.45, 7) is -0.142. The fourth-order valence-electron chi connectivity index (χ4n) is 1.41. The number of amides is 1. The molecule has 0 radical (unpaired) electrons. The van der Waals surface area contributed by atoms with Crippen molar-refractivity contribution < 1.29 is 19.1 Å². The van der Waals surface area contributed by atoms with Crippen molar-refractivity contribution in [2.75, 3.05) is 5.32 Å². The molecule has 0 atom stereocenters. The fraction of sp³-hybridized carbons (Fsp3) is 0.0909. The van der Waals surface area contributed by atoms with Crippen LogP contribution in [-0.4, -0.2) is 32.0 Å². The second-order valence-electron chi connectivity index (χ2n) is 3.65. The molecule has 2 rings (SSSR count). The van der Waals surface area contributed by atoms with Gasteiger partial charge in [-0.25, -0.2) is 13.9 Å². The molecule has 2 aromatic rings. The molecule has 1 aromatic carbocycles. The molecule has 8 heteroatoms. The summed E-state index contributed by atoms with van der Waals surface area (Å²) >= 11 is 0. The molecule has 0 spiro atoms. The monoisotopic (exact) mass is 264 g/mol. The number of hydrogen-bond acceptors (Lipinski definition) is 4. The minimum absolute atomic E-state index is 0.113. The molecule has 0 fully saturated rings.